The minimum atomic E-state index is 0.604. The number of nitriles is 3. The number of thiazole rings is 1. The zero-order valence-electron chi connectivity index (χ0n) is 31.3. The predicted molar refractivity (Wildman–Crippen MR) is 239 cm³/mol. The van der Waals surface area contributed by atoms with Crippen molar-refractivity contribution >= 4 is 65.2 Å². The van der Waals surface area contributed by atoms with Gasteiger partial charge >= 0.3 is 0 Å². The number of rotatable bonds is 5. The van der Waals surface area contributed by atoms with Gasteiger partial charge in [-0.25, -0.2) is 4.98 Å². The summed E-state index contributed by atoms with van der Waals surface area (Å²) in [5.41, 5.74) is 14.0. The van der Waals surface area contributed by atoms with E-state index in [-0.39, 0.29) is 0 Å². The maximum atomic E-state index is 9.90. The van der Waals surface area contributed by atoms with Crippen molar-refractivity contribution < 1.29 is 0 Å². The Balaban J connectivity index is 1.15. The topological polar surface area (TPSA) is 94.1 Å². The molecule has 0 amide bonds. The molecule has 0 spiro atoms. The van der Waals surface area contributed by atoms with Gasteiger partial charge < -0.3 is 9.13 Å². The Morgan fingerprint density at radius 2 is 0.814 bits per heavy atom. The average Bonchev–Trinajstić information content (AvgIpc) is 3.98. The van der Waals surface area contributed by atoms with Crippen LogP contribution >= 0.6 is 11.3 Å². The standard InChI is InChI=1S/C52H28N6S/c53-29-32-12-17-47-42(21-32)44-27-35(14-19-49(44)57(47)40-7-3-1-4-8-40)37-24-38(26-39(25-37)52-56-46-16-11-34(31-55)23-51(46)59-52)36-15-20-50-45(28-36)43-22-33(30-54)13-18-48(43)58(50)41-9-5-2-6-10-41/h1-28H. The molecular weight excluding hydrogens is 741 g/mol. The number of hydrogen-bond donors (Lipinski definition) is 0. The third-order valence-corrected chi connectivity index (χ3v) is 12.2. The Morgan fingerprint density at radius 3 is 1.31 bits per heavy atom. The Hall–Kier alpha value is -8.28. The summed E-state index contributed by atoms with van der Waals surface area (Å²) < 4.78 is 5.47. The van der Waals surface area contributed by atoms with Crippen molar-refractivity contribution in [1.82, 2.24) is 14.1 Å². The van der Waals surface area contributed by atoms with Crippen LogP contribution in [0.1, 0.15) is 16.7 Å². The SMILES string of the molecule is N#Cc1ccc2nc(-c3cc(-c4ccc5c(c4)c4cc(C#N)ccc4n5-c4ccccc4)cc(-c4ccc5c(c4)c4cc(C#N)ccc4n5-c4ccccc4)c3)sc2c1. The monoisotopic (exact) mass is 768 g/mol. The fourth-order valence-corrected chi connectivity index (χ4v) is 9.45. The first-order valence-corrected chi connectivity index (χ1v) is 19.9. The quantitative estimate of drug-likeness (QED) is 0.174. The molecule has 3 heterocycles. The van der Waals surface area contributed by atoms with E-state index in [4.69, 9.17) is 4.98 Å². The first kappa shape index (κ1) is 34.0. The van der Waals surface area contributed by atoms with Crippen LogP contribution in [-0.2, 0) is 0 Å². The number of nitrogens with zero attached hydrogens (tertiary/aromatic N) is 6. The van der Waals surface area contributed by atoms with E-state index in [2.05, 4.69) is 106 Å². The lowest BCUT2D eigenvalue weighted by Crippen LogP contribution is -1.93. The Kier molecular flexibility index (Phi) is 7.74. The van der Waals surface area contributed by atoms with Crippen LogP contribution in [0, 0.1) is 34.0 Å². The molecule has 0 fully saturated rings. The van der Waals surface area contributed by atoms with Gasteiger partial charge in [-0.2, -0.15) is 15.8 Å². The molecule has 0 aliphatic heterocycles. The van der Waals surface area contributed by atoms with Crippen LogP contribution in [0.5, 0.6) is 0 Å². The predicted octanol–water partition coefficient (Wildman–Crippen LogP) is 13.1. The minimum Gasteiger partial charge on any atom is -0.309 e. The van der Waals surface area contributed by atoms with Crippen LogP contribution in [-0.4, -0.2) is 14.1 Å². The van der Waals surface area contributed by atoms with Gasteiger partial charge in [-0.1, -0.05) is 48.5 Å². The number of para-hydroxylation sites is 2. The molecule has 11 rings (SSSR count). The molecule has 8 aromatic carbocycles. The highest BCUT2D eigenvalue weighted by Crippen LogP contribution is 2.41. The molecule has 11 aromatic rings. The minimum absolute atomic E-state index is 0.604. The molecule has 59 heavy (non-hydrogen) atoms. The molecular formula is C52H28N6S. The highest BCUT2D eigenvalue weighted by Gasteiger charge is 2.18. The molecule has 3 aromatic heterocycles. The summed E-state index contributed by atoms with van der Waals surface area (Å²) in [6, 6.07) is 64.8. The van der Waals surface area contributed by atoms with Crippen molar-refractivity contribution in [1.29, 1.82) is 15.8 Å². The van der Waals surface area contributed by atoms with Gasteiger partial charge in [-0.15, -0.1) is 11.3 Å². The molecule has 7 heteroatoms. The van der Waals surface area contributed by atoms with Gasteiger partial charge in [0.15, 0.2) is 0 Å². The van der Waals surface area contributed by atoms with Gasteiger partial charge in [-0.3, -0.25) is 0 Å². The van der Waals surface area contributed by atoms with E-state index in [1.165, 1.54) is 0 Å². The molecule has 0 aliphatic rings. The zero-order chi connectivity index (χ0) is 39.6. The second-order valence-electron chi connectivity index (χ2n) is 14.6. The van der Waals surface area contributed by atoms with Crippen LogP contribution in [0.2, 0.25) is 0 Å². The van der Waals surface area contributed by atoms with Crippen LogP contribution in [0.4, 0.5) is 0 Å². The van der Waals surface area contributed by atoms with Gasteiger partial charge in [0.25, 0.3) is 0 Å². The van der Waals surface area contributed by atoms with E-state index >= 15 is 0 Å². The van der Waals surface area contributed by atoms with Crippen molar-refractivity contribution in [2.45, 2.75) is 0 Å². The number of hydrogen-bond acceptors (Lipinski definition) is 5. The Labute approximate surface area is 342 Å². The summed E-state index contributed by atoms with van der Waals surface area (Å²) in [6.07, 6.45) is 0. The number of benzene rings is 8. The second-order valence-corrected chi connectivity index (χ2v) is 15.6. The second kappa shape index (κ2) is 13.4. The van der Waals surface area contributed by atoms with E-state index in [0.29, 0.717) is 16.7 Å². The van der Waals surface area contributed by atoms with Gasteiger partial charge in [0.05, 0.1) is 67.2 Å². The van der Waals surface area contributed by atoms with Crippen molar-refractivity contribution in [2.75, 3.05) is 0 Å². The number of fused-ring (bicyclic) bond motifs is 7. The van der Waals surface area contributed by atoms with Crippen LogP contribution in [0.3, 0.4) is 0 Å². The largest absolute Gasteiger partial charge is 0.309 e. The van der Waals surface area contributed by atoms with E-state index in [1.54, 1.807) is 11.3 Å². The summed E-state index contributed by atoms with van der Waals surface area (Å²) in [5, 5.41) is 34.4. The maximum absolute atomic E-state index is 9.90. The molecule has 0 saturated heterocycles. The first-order valence-electron chi connectivity index (χ1n) is 19.1. The molecule has 6 nitrogen and oxygen atoms in total. The molecule has 0 atom stereocenters. The third-order valence-electron chi connectivity index (χ3n) is 11.2. The smallest absolute Gasteiger partial charge is 0.124 e. The van der Waals surface area contributed by atoms with E-state index in [0.717, 1.165) is 98.0 Å². The van der Waals surface area contributed by atoms with Crippen LogP contribution in [0.15, 0.2) is 170 Å². The van der Waals surface area contributed by atoms with Crippen LogP contribution in [0.25, 0.3) is 98.0 Å². The van der Waals surface area contributed by atoms with Gasteiger partial charge in [-0.05, 0) is 144 Å². The summed E-state index contributed by atoms with van der Waals surface area (Å²) in [5.74, 6) is 0. The molecule has 0 radical (unpaired) electrons. The lowest BCUT2D eigenvalue weighted by atomic mass is 9.94. The van der Waals surface area contributed by atoms with E-state index < -0.39 is 0 Å². The van der Waals surface area contributed by atoms with Crippen molar-refractivity contribution in [2.24, 2.45) is 0 Å². The highest BCUT2D eigenvalue weighted by atomic mass is 32.1. The lowest BCUT2D eigenvalue weighted by Gasteiger charge is -2.12. The summed E-state index contributed by atoms with van der Waals surface area (Å²) >= 11 is 1.58. The average molecular weight is 769 g/mol. The normalized spacial score (nSPS) is 11.3. The van der Waals surface area contributed by atoms with Crippen molar-refractivity contribution in [3.05, 3.63) is 187 Å². The Bertz CT molecular complexity index is 3450. The van der Waals surface area contributed by atoms with E-state index in [9.17, 15) is 15.8 Å². The van der Waals surface area contributed by atoms with Crippen molar-refractivity contribution in [3.63, 3.8) is 0 Å². The molecule has 272 valence electrons. The Morgan fingerprint density at radius 1 is 0.390 bits per heavy atom. The zero-order valence-corrected chi connectivity index (χ0v) is 32.1. The third kappa shape index (κ3) is 5.56. The van der Waals surface area contributed by atoms with Crippen molar-refractivity contribution in [3.8, 4) is 62.4 Å². The maximum Gasteiger partial charge on any atom is 0.124 e. The molecule has 0 bridgehead atoms. The van der Waals surface area contributed by atoms with Gasteiger partial charge in [0, 0.05) is 38.5 Å². The summed E-state index contributed by atoms with van der Waals surface area (Å²) in [7, 11) is 0. The summed E-state index contributed by atoms with van der Waals surface area (Å²) in [6.45, 7) is 0. The van der Waals surface area contributed by atoms with Gasteiger partial charge in [0.1, 0.15) is 5.01 Å². The summed E-state index contributed by atoms with van der Waals surface area (Å²) in [4.78, 5) is 5.06. The highest BCUT2D eigenvalue weighted by molar-refractivity contribution is 7.21. The fourth-order valence-electron chi connectivity index (χ4n) is 8.46. The van der Waals surface area contributed by atoms with Gasteiger partial charge in [0.2, 0.25) is 0 Å². The lowest BCUT2D eigenvalue weighted by molar-refractivity contribution is 1.18. The fraction of sp³-hybridized carbons (Fsp3) is 0. The molecule has 0 N–H and O–H groups in total. The van der Waals surface area contributed by atoms with Crippen LogP contribution < -0.4 is 0 Å². The molecule has 0 unspecified atom stereocenters. The molecule has 0 saturated carbocycles. The first-order chi connectivity index (χ1) is 29.1. The van der Waals surface area contributed by atoms with E-state index in [1.807, 2.05) is 91.0 Å². The molecule has 0 aliphatic carbocycles. The number of aromatic nitrogens is 3.